The quantitative estimate of drug-likeness (QED) is 0.672. The van der Waals surface area contributed by atoms with Crippen LogP contribution in [0, 0.1) is 11.8 Å². The standard InChI is InChI=1S/C14H28O/c1-3-7-13(8-4-2)14(15)11-12-9-5-6-10-12/h12-15H,3-11H2,1-2H3. The van der Waals surface area contributed by atoms with Crippen molar-refractivity contribution in [3.05, 3.63) is 0 Å². The lowest BCUT2D eigenvalue weighted by Crippen LogP contribution is -2.22. The first-order valence-electron chi connectivity index (χ1n) is 6.96. The van der Waals surface area contributed by atoms with Gasteiger partial charge in [0.05, 0.1) is 6.10 Å². The van der Waals surface area contributed by atoms with Gasteiger partial charge in [-0.15, -0.1) is 0 Å². The molecule has 15 heavy (non-hydrogen) atoms. The van der Waals surface area contributed by atoms with Crippen molar-refractivity contribution in [1.29, 1.82) is 0 Å². The van der Waals surface area contributed by atoms with Gasteiger partial charge in [-0.05, 0) is 31.1 Å². The highest BCUT2D eigenvalue weighted by Crippen LogP contribution is 2.31. The van der Waals surface area contributed by atoms with Gasteiger partial charge >= 0.3 is 0 Å². The Morgan fingerprint density at radius 1 is 1.07 bits per heavy atom. The molecule has 1 N–H and O–H groups in total. The van der Waals surface area contributed by atoms with Gasteiger partial charge in [-0.2, -0.15) is 0 Å². The Balaban J connectivity index is 2.29. The maximum absolute atomic E-state index is 10.2. The van der Waals surface area contributed by atoms with E-state index in [0.717, 1.165) is 12.3 Å². The normalized spacial score (nSPS) is 20.0. The molecule has 0 heterocycles. The van der Waals surface area contributed by atoms with E-state index in [-0.39, 0.29) is 6.10 Å². The van der Waals surface area contributed by atoms with Crippen molar-refractivity contribution in [1.82, 2.24) is 0 Å². The average molecular weight is 212 g/mol. The van der Waals surface area contributed by atoms with Gasteiger partial charge in [0.1, 0.15) is 0 Å². The minimum absolute atomic E-state index is 0.0204. The van der Waals surface area contributed by atoms with Crippen molar-refractivity contribution in [3.8, 4) is 0 Å². The zero-order valence-corrected chi connectivity index (χ0v) is 10.5. The van der Waals surface area contributed by atoms with E-state index in [4.69, 9.17) is 0 Å². The molecule has 0 aliphatic heterocycles. The summed E-state index contributed by atoms with van der Waals surface area (Å²) in [5.74, 6) is 1.40. The maximum atomic E-state index is 10.2. The fourth-order valence-electron chi connectivity index (χ4n) is 3.05. The van der Waals surface area contributed by atoms with Crippen LogP contribution in [0.4, 0.5) is 0 Å². The molecule has 0 spiro atoms. The van der Waals surface area contributed by atoms with Gasteiger partial charge in [0.25, 0.3) is 0 Å². The summed E-state index contributed by atoms with van der Waals surface area (Å²) in [6, 6.07) is 0. The molecule has 0 aromatic rings. The molecule has 1 heteroatoms. The average Bonchev–Trinajstić information content (AvgIpc) is 2.70. The van der Waals surface area contributed by atoms with Crippen LogP contribution in [-0.2, 0) is 0 Å². The maximum Gasteiger partial charge on any atom is 0.0571 e. The third-order valence-electron chi connectivity index (χ3n) is 3.91. The Kier molecular flexibility index (Phi) is 6.31. The van der Waals surface area contributed by atoms with E-state index in [0.29, 0.717) is 5.92 Å². The second-order valence-electron chi connectivity index (χ2n) is 5.29. The Morgan fingerprint density at radius 2 is 1.60 bits per heavy atom. The molecule has 0 saturated heterocycles. The third kappa shape index (κ3) is 4.55. The molecule has 0 aromatic heterocycles. The first kappa shape index (κ1) is 13.0. The Hall–Kier alpha value is -0.0400. The van der Waals surface area contributed by atoms with E-state index in [9.17, 15) is 5.11 Å². The molecule has 0 radical (unpaired) electrons. The SMILES string of the molecule is CCCC(CCC)C(O)CC1CCCC1. The van der Waals surface area contributed by atoms with Crippen molar-refractivity contribution in [2.45, 2.75) is 77.7 Å². The number of aliphatic hydroxyl groups excluding tert-OH is 1. The van der Waals surface area contributed by atoms with Crippen LogP contribution < -0.4 is 0 Å². The highest BCUT2D eigenvalue weighted by atomic mass is 16.3. The Bertz CT molecular complexity index is 143. The molecular weight excluding hydrogens is 184 g/mol. The van der Waals surface area contributed by atoms with Crippen molar-refractivity contribution in [2.75, 3.05) is 0 Å². The van der Waals surface area contributed by atoms with Crippen LogP contribution in [0.3, 0.4) is 0 Å². The molecule has 1 aliphatic rings. The minimum atomic E-state index is -0.0204. The van der Waals surface area contributed by atoms with Crippen LogP contribution in [0.15, 0.2) is 0 Å². The number of aliphatic hydroxyl groups is 1. The van der Waals surface area contributed by atoms with Crippen LogP contribution in [0.2, 0.25) is 0 Å². The fraction of sp³-hybridized carbons (Fsp3) is 1.00. The molecule has 0 bridgehead atoms. The van der Waals surface area contributed by atoms with Crippen molar-refractivity contribution >= 4 is 0 Å². The molecule has 1 saturated carbocycles. The monoisotopic (exact) mass is 212 g/mol. The lowest BCUT2D eigenvalue weighted by atomic mass is 9.86. The Morgan fingerprint density at radius 3 is 2.07 bits per heavy atom. The summed E-state index contributed by atoms with van der Waals surface area (Å²) >= 11 is 0. The van der Waals surface area contributed by atoms with E-state index in [1.54, 1.807) is 0 Å². The smallest absolute Gasteiger partial charge is 0.0571 e. The minimum Gasteiger partial charge on any atom is -0.393 e. The predicted molar refractivity (Wildman–Crippen MR) is 65.9 cm³/mol. The summed E-state index contributed by atoms with van der Waals surface area (Å²) < 4.78 is 0. The van der Waals surface area contributed by atoms with E-state index < -0.39 is 0 Å². The van der Waals surface area contributed by atoms with Crippen LogP contribution in [0.5, 0.6) is 0 Å². The summed E-state index contributed by atoms with van der Waals surface area (Å²) in [5, 5.41) is 10.2. The van der Waals surface area contributed by atoms with E-state index in [1.807, 2.05) is 0 Å². The molecule has 1 atom stereocenters. The van der Waals surface area contributed by atoms with Gasteiger partial charge in [0, 0.05) is 0 Å². The van der Waals surface area contributed by atoms with Gasteiger partial charge in [-0.25, -0.2) is 0 Å². The van der Waals surface area contributed by atoms with E-state index >= 15 is 0 Å². The van der Waals surface area contributed by atoms with Gasteiger partial charge in [-0.1, -0.05) is 52.4 Å². The fourth-order valence-corrected chi connectivity index (χ4v) is 3.05. The lowest BCUT2D eigenvalue weighted by molar-refractivity contribution is 0.0725. The lowest BCUT2D eigenvalue weighted by Gasteiger charge is -2.24. The molecule has 0 aromatic carbocycles. The topological polar surface area (TPSA) is 20.2 Å². The molecule has 1 rings (SSSR count). The number of hydrogen-bond donors (Lipinski definition) is 1. The van der Waals surface area contributed by atoms with Crippen LogP contribution >= 0.6 is 0 Å². The molecule has 1 aliphatic carbocycles. The molecular formula is C14H28O. The van der Waals surface area contributed by atoms with E-state index in [1.165, 1.54) is 51.4 Å². The second kappa shape index (κ2) is 7.27. The predicted octanol–water partition coefficient (Wildman–Crippen LogP) is 4.14. The first-order chi connectivity index (χ1) is 7.27. The zero-order valence-electron chi connectivity index (χ0n) is 10.5. The number of rotatable bonds is 7. The Labute approximate surface area is 95.3 Å². The summed E-state index contributed by atoms with van der Waals surface area (Å²) in [6.07, 6.45) is 11.4. The van der Waals surface area contributed by atoms with Crippen LogP contribution in [0.1, 0.15) is 71.6 Å². The summed E-state index contributed by atoms with van der Waals surface area (Å²) in [4.78, 5) is 0. The molecule has 1 nitrogen and oxygen atoms in total. The van der Waals surface area contributed by atoms with Crippen LogP contribution in [-0.4, -0.2) is 11.2 Å². The molecule has 90 valence electrons. The summed E-state index contributed by atoms with van der Waals surface area (Å²) in [6.45, 7) is 4.45. The largest absolute Gasteiger partial charge is 0.393 e. The van der Waals surface area contributed by atoms with Gasteiger partial charge in [0.15, 0.2) is 0 Å². The van der Waals surface area contributed by atoms with Crippen molar-refractivity contribution < 1.29 is 5.11 Å². The zero-order chi connectivity index (χ0) is 11.1. The van der Waals surface area contributed by atoms with Gasteiger partial charge in [-0.3, -0.25) is 0 Å². The molecule has 1 fully saturated rings. The van der Waals surface area contributed by atoms with E-state index in [2.05, 4.69) is 13.8 Å². The number of hydrogen-bond acceptors (Lipinski definition) is 1. The highest BCUT2D eigenvalue weighted by molar-refractivity contribution is 4.75. The summed E-state index contributed by atoms with van der Waals surface area (Å²) in [7, 11) is 0. The molecule has 1 unspecified atom stereocenters. The third-order valence-corrected chi connectivity index (χ3v) is 3.91. The van der Waals surface area contributed by atoms with Crippen molar-refractivity contribution in [3.63, 3.8) is 0 Å². The first-order valence-corrected chi connectivity index (χ1v) is 6.96. The van der Waals surface area contributed by atoms with Crippen LogP contribution in [0.25, 0.3) is 0 Å². The van der Waals surface area contributed by atoms with Gasteiger partial charge < -0.3 is 5.11 Å². The molecule has 0 amide bonds. The second-order valence-corrected chi connectivity index (χ2v) is 5.29. The highest BCUT2D eigenvalue weighted by Gasteiger charge is 2.23. The van der Waals surface area contributed by atoms with Crippen molar-refractivity contribution in [2.24, 2.45) is 11.8 Å². The van der Waals surface area contributed by atoms with Gasteiger partial charge in [0.2, 0.25) is 0 Å². The summed E-state index contributed by atoms with van der Waals surface area (Å²) in [5.41, 5.74) is 0.